The van der Waals surface area contributed by atoms with Crippen LogP contribution in [0.5, 0.6) is 0 Å². The van der Waals surface area contributed by atoms with E-state index in [9.17, 15) is 4.79 Å². The summed E-state index contributed by atoms with van der Waals surface area (Å²) in [5.74, 6) is 0. The molecular weight excluding hydrogens is 178 g/mol. The summed E-state index contributed by atoms with van der Waals surface area (Å²) in [6.07, 6.45) is 3.29. The lowest BCUT2D eigenvalue weighted by atomic mass is 10.4. The van der Waals surface area contributed by atoms with Crippen molar-refractivity contribution in [2.75, 3.05) is 32.7 Å². The molecule has 0 bridgehead atoms. The van der Waals surface area contributed by atoms with Gasteiger partial charge in [-0.1, -0.05) is 6.92 Å². The maximum Gasteiger partial charge on any atom is 0.320 e. The van der Waals surface area contributed by atoms with Gasteiger partial charge < -0.3 is 15.5 Å². The molecule has 1 fully saturated rings. The highest BCUT2D eigenvalue weighted by Gasteiger charge is 2.22. The molecule has 0 aromatic heterocycles. The first kappa shape index (κ1) is 11.3. The lowest BCUT2D eigenvalue weighted by molar-refractivity contribution is 0.164. The van der Waals surface area contributed by atoms with Crippen molar-refractivity contribution in [3.63, 3.8) is 0 Å². The number of nitrogens with two attached hydrogens (primary N) is 1. The van der Waals surface area contributed by atoms with E-state index in [-0.39, 0.29) is 6.03 Å². The summed E-state index contributed by atoms with van der Waals surface area (Å²) in [5.41, 5.74) is 5.48. The van der Waals surface area contributed by atoms with Crippen LogP contribution in [-0.2, 0) is 0 Å². The molecule has 0 aromatic carbocycles. The maximum absolute atomic E-state index is 11.9. The Hall–Kier alpha value is -0.770. The number of hydrogen-bond donors (Lipinski definition) is 1. The molecule has 2 N–H and O–H groups in total. The van der Waals surface area contributed by atoms with Crippen molar-refractivity contribution in [3.8, 4) is 0 Å². The third kappa shape index (κ3) is 2.87. The van der Waals surface area contributed by atoms with Crippen molar-refractivity contribution in [2.24, 2.45) is 5.73 Å². The Bertz CT molecular complexity index is 172. The Morgan fingerprint density at radius 1 is 1.36 bits per heavy atom. The van der Waals surface area contributed by atoms with E-state index in [1.807, 2.05) is 9.80 Å². The predicted molar refractivity (Wildman–Crippen MR) is 57.1 cm³/mol. The largest absolute Gasteiger partial charge is 0.329 e. The standard InChI is InChI=1S/C10H21N3O/c1-2-6-12(9-5-11)10(14)13-7-3-4-8-13/h2-9,11H2,1H3. The van der Waals surface area contributed by atoms with Crippen LogP contribution in [0.2, 0.25) is 0 Å². The fraction of sp³-hybridized carbons (Fsp3) is 0.900. The number of likely N-dealkylation sites (tertiary alicyclic amines) is 1. The topological polar surface area (TPSA) is 49.6 Å². The van der Waals surface area contributed by atoms with E-state index in [1.54, 1.807) is 0 Å². The number of rotatable bonds is 4. The van der Waals surface area contributed by atoms with E-state index in [0.29, 0.717) is 13.1 Å². The Balaban J connectivity index is 2.43. The van der Waals surface area contributed by atoms with Gasteiger partial charge in [0, 0.05) is 32.7 Å². The van der Waals surface area contributed by atoms with Crippen molar-refractivity contribution in [2.45, 2.75) is 26.2 Å². The van der Waals surface area contributed by atoms with Crippen LogP contribution in [0.25, 0.3) is 0 Å². The Labute approximate surface area is 86.0 Å². The molecule has 0 atom stereocenters. The van der Waals surface area contributed by atoms with Crippen LogP contribution in [-0.4, -0.2) is 48.6 Å². The van der Waals surface area contributed by atoms with Crippen molar-refractivity contribution < 1.29 is 4.79 Å². The molecular formula is C10H21N3O. The van der Waals surface area contributed by atoms with E-state index < -0.39 is 0 Å². The van der Waals surface area contributed by atoms with Gasteiger partial charge in [-0.25, -0.2) is 4.79 Å². The zero-order chi connectivity index (χ0) is 10.4. The van der Waals surface area contributed by atoms with Crippen LogP contribution in [0.15, 0.2) is 0 Å². The monoisotopic (exact) mass is 199 g/mol. The summed E-state index contributed by atoms with van der Waals surface area (Å²) >= 11 is 0. The number of carbonyl (C=O) groups excluding carboxylic acids is 1. The highest BCUT2D eigenvalue weighted by molar-refractivity contribution is 5.74. The van der Waals surface area contributed by atoms with Crippen LogP contribution >= 0.6 is 0 Å². The number of carbonyl (C=O) groups is 1. The van der Waals surface area contributed by atoms with Crippen molar-refractivity contribution in [1.82, 2.24) is 9.80 Å². The molecule has 1 rings (SSSR count). The lowest BCUT2D eigenvalue weighted by Crippen LogP contribution is -2.44. The van der Waals surface area contributed by atoms with Crippen LogP contribution < -0.4 is 5.73 Å². The molecule has 0 radical (unpaired) electrons. The smallest absolute Gasteiger partial charge is 0.320 e. The SMILES string of the molecule is CCCN(CCN)C(=O)N1CCCC1. The number of hydrogen-bond acceptors (Lipinski definition) is 2. The van der Waals surface area contributed by atoms with Crippen LogP contribution in [0.4, 0.5) is 4.79 Å². The second-order valence-corrected chi connectivity index (χ2v) is 3.75. The normalized spacial score (nSPS) is 16.0. The van der Waals surface area contributed by atoms with Gasteiger partial charge in [0.25, 0.3) is 0 Å². The molecule has 4 heteroatoms. The third-order valence-corrected chi connectivity index (χ3v) is 2.54. The predicted octanol–water partition coefficient (Wildman–Crippen LogP) is 0.873. The van der Waals surface area contributed by atoms with E-state index in [0.717, 1.165) is 38.9 Å². The number of nitrogens with zero attached hydrogens (tertiary/aromatic N) is 2. The minimum Gasteiger partial charge on any atom is -0.329 e. The van der Waals surface area contributed by atoms with E-state index in [2.05, 4.69) is 6.92 Å². The Kier molecular flexibility index (Phi) is 4.73. The first-order valence-corrected chi connectivity index (χ1v) is 5.53. The fourth-order valence-corrected chi connectivity index (χ4v) is 1.84. The summed E-state index contributed by atoms with van der Waals surface area (Å²) in [5, 5.41) is 0. The molecule has 0 aromatic rings. The summed E-state index contributed by atoms with van der Waals surface area (Å²) in [6.45, 7) is 5.99. The van der Waals surface area contributed by atoms with Gasteiger partial charge in [0.15, 0.2) is 0 Å². The van der Waals surface area contributed by atoms with Gasteiger partial charge in [0.05, 0.1) is 0 Å². The van der Waals surface area contributed by atoms with Gasteiger partial charge in [-0.15, -0.1) is 0 Å². The summed E-state index contributed by atoms with van der Waals surface area (Å²) < 4.78 is 0. The molecule has 4 nitrogen and oxygen atoms in total. The van der Waals surface area contributed by atoms with Crippen molar-refractivity contribution >= 4 is 6.03 Å². The fourth-order valence-electron chi connectivity index (χ4n) is 1.84. The summed E-state index contributed by atoms with van der Waals surface area (Å²) in [4.78, 5) is 15.7. The van der Waals surface area contributed by atoms with Crippen molar-refractivity contribution in [1.29, 1.82) is 0 Å². The van der Waals surface area contributed by atoms with E-state index in [1.165, 1.54) is 0 Å². The summed E-state index contributed by atoms with van der Waals surface area (Å²) in [7, 11) is 0. The molecule has 0 unspecified atom stereocenters. The molecule has 0 spiro atoms. The third-order valence-electron chi connectivity index (χ3n) is 2.54. The first-order chi connectivity index (χ1) is 6.79. The highest BCUT2D eigenvalue weighted by atomic mass is 16.2. The molecule has 1 heterocycles. The highest BCUT2D eigenvalue weighted by Crippen LogP contribution is 2.10. The zero-order valence-electron chi connectivity index (χ0n) is 9.04. The second-order valence-electron chi connectivity index (χ2n) is 3.75. The van der Waals surface area contributed by atoms with Crippen LogP contribution in [0.1, 0.15) is 26.2 Å². The number of urea groups is 1. The van der Waals surface area contributed by atoms with Gasteiger partial charge >= 0.3 is 6.03 Å². The van der Waals surface area contributed by atoms with Gasteiger partial charge in [-0.2, -0.15) is 0 Å². The first-order valence-electron chi connectivity index (χ1n) is 5.53. The second kappa shape index (κ2) is 5.86. The zero-order valence-corrected chi connectivity index (χ0v) is 9.04. The quantitative estimate of drug-likeness (QED) is 0.730. The van der Waals surface area contributed by atoms with E-state index >= 15 is 0 Å². The maximum atomic E-state index is 11.9. The molecule has 1 saturated heterocycles. The van der Waals surface area contributed by atoms with Gasteiger partial charge in [0.2, 0.25) is 0 Å². The molecule has 1 aliphatic rings. The molecule has 0 saturated carbocycles. The van der Waals surface area contributed by atoms with Gasteiger partial charge in [-0.3, -0.25) is 0 Å². The van der Waals surface area contributed by atoms with Crippen LogP contribution in [0.3, 0.4) is 0 Å². The van der Waals surface area contributed by atoms with Gasteiger partial charge in [-0.05, 0) is 19.3 Å². The lowest BCUT2D eigenvalue weighted by Gasteiger charge is -2.27. The molecule has 82 valence electrons. The number of amides is 2. The Morgan fingerprint density at radius 2 is 2.00 bits per heavy atom. The molecule has 1 aliphatic heterocycles. The molecule has 0 aliphatic carbocycles. The minimum atomic E-state index is 0.176. The average molecular weight is 199 g/mol. The molecule has 2 amide bonds. The van der Waals surface area contributed by atoms with Crippen LogP contribution in [0, 0.1) is 0 Å². The Morgan fingerprint density at radius 3 is 2.50 bits per heavy atom. The van der Waals surface area contributed by atoms with Gasteiger partial charge in [0.1, 0.15) is 0 Å². The van der Waals surface area contributed by atoms with Crippen molar-refractivity contribution in [3.05, 3.63) is 0 Å². The minimum absolute atomic E-state index is 0.176. The summed E-state index contributed by atoms with van der Waals surface area (Å²) in [6, 6.07) is 0.176. The van der Waals surface area contributed by atoms with E-state index in [4.69, 9.17) is 5.73 Å². The molecule has 14 heavy (non-hydrogen) atoms. The average Bonchev–Trinajstić information content (AvgIpc) is 2.69.